The second kappa shape index (κ2) is 8.45. The number of likely N-dealkylation sites (N-methyl/N-ethyl adjacent to an activating group) is 1. The molecule has 0 aliphatic carbocycles. The molecule has 26 heavy (non-hydrogen) atoms. The molecule has 1 aromatic rings. The van der Waals surface area contributed by atoms with Crippen molar-refractivity contribution in [3.8, 4) is 0 Å². The van der Waals surface area contributed by atoms with Gasteiger partial charge in [0, 0.05) is 35.5 Å². The van der Waals surface area contributed by atoms with E-state index in [1.165, 1.54) is 0 Å². The molecule has 2 N–H and O–H groups in total. The molecular weight excluding hydrogens is 332 g/mol. The second-order valence-corrected chi connectivity index (χ2v) is 5.88. The Morgan fingerprint density at radius 2 is 2.19 bits per heavy atom. The van der Waals surface area contributed by atoms with Gasteiger partial charge in [0.25, 0.3) is 0 Å². The van der Waals surface area contributed by atoms with Gasteiger partial charge in [-0.1, -0.05) is 44.9 Å². The Kier molecular flexibility index (Phi) is 2.97. The summed E-state index contributed by atoms with van der Waals surface area (Å²) in [4.78, 5) is 39.6. The summed E-state index contributed by atoms with van der Waals surface area (Å²) in [6.07, 6.45) is -5.46. The maximum atomic E-state index is 13.2. The van der Waals surface area contributed by atoms with Crippen molar-refractivity contribution < 1.29 is 35.9 Å². The second-order valence-electron chi connectivity index (χ2n) is 5.88. The van der Waals surface area contributed by atoms with E-state index in [1.807, 2.05) is 0 Å². The number of amides is 2. The highest BCUT2D eigenvalue weighted by Gasteiger charge is 2.32. The number of carbonyl (C=O) groups excluding carboxylic acids is 3. The Morgan fingerprint density at radius 1 is 1.50 bits per heavy atom. The predicted molar refractivity (Wildman–Crippen MR) is 98.3 cm³/mol. The van der Waals surface area contributed by atoms with Crippen LogP contribution in [0.15, 0.2) is 24.2 Å². The first-order chi connectivity index (χ1) is 16.8. The smallest absolute Gasteiger partial charge is 0.249 e. The molecule has 2 amide bonds. The van der Waals surface area contributed by atoms with Crippen LogP contribution in [0.25, 0.3) is 0 Å². The maximum Gasteiger partial charge on any atom is 0.249 e. The van der Waals surface area contributed by atoms with E-state index in [0.717, 1.165) is 14.0 Å². The number of nitrogens with one attached hydrogen (secondary N) is 1. The fourth-order valence-electron chi connectivity index (χ4n) is 2.33. The standard InChI is InChI=1S/C20H28N2O4/c1-12(2)18(24)16(23)11-13(3)19(25)21-17-15-8-6-5-7-14(15)9-10-22(4)20(17)26/h5-8,12-13,17-18,24H,9-11H2,1-4H3,(H,21,25)/t13-,17+,18+/m1/s1/i1D3,5D,6D,7D,8D,10D2,12D,13D,18D/t12?,13-,17+,18+. The van der Waals surface area contributed by atoms with E-state index in [2.05, 4.69) is 5.32 Å². The summed E-state index contributed by atoms with van der Waals surface area (Å²) in [5.74, 6) is -9.73. The van der Waals surface area contributed by atoms with Crippen molar-refractivity contribution in [2.45, 2.75) is 45.7 Å². The van der Waals surface area contributed by atoms with Crippen LogP contribution in [0.2, 0.25) is 0 Å². The Morgan fingerprint density at radius 3 is 2.88 bits per heavy atom. The lowest BCUT2D eigenvalue weighted by Crippen LogP contribution is -2.43. The van der Waals surface area contributed by atoms with Crippen LogP contribution in [0.3, 0.4) is 0 Å². The molecule has 2 rings (SSSR count). The number of hydrogen-bond donors (Lipinski definition) is 2. The van der Waals surface area contributed by atoms with Crippen LogP contribution < -0.4 is 5.32 Å². The lowest BCUT2D eigenvalue weighted by molar-refractivity contribution is -0.137. The fraction of sp³-hybridized carbons (Fsp3) is 0.550. The van der Waals surface area contributed by atoms with Gasteiger partial charge >= 0.3 is 0 Å². The van der Waals surface area contributed by atoms with Crippen LogP contribution in [0.4, 0.5) is 0 Å². The average Bonchev–Trinajstić information content (AvgIpc) is 2.84. The van der Waals surface area contributed by atoms with Gasteiger partial charge in [-0.2, -0.15) is 0 Å². The molecule has 1 heterocycles. The van der Waals surface area contributed by atoms with E-state index in [4.69, 9.17) is 16.4 Å². The van der Waals surface area contributed by atoms with Gasteiger partial charge in [-0.3, -0.25) is 14.4 Å². The molecule has 6 nitrogen and oxygen atoms in total. The van der Waals surface area contributed by atoms with E-state index in [9.17, 15) is 19.5 Å². The van der Waals surface area contributed by atoms with E-state index < -0.39 is 97.4 Å². The Hall–Kier alpha value is -2.21. The first-order valence-electron chi connectivity index (χ1n) is 13.8. The number of aliphatic hydroxyl groups is 1. The van der Waals surface area contributed by atoms with Gasteiger partial charge < -0.3 is 15.3 Å². The Bertz CT molecular complexity index is 1180. The molecule has 142 valence electrons. The quantitative estimate of drug-likeness (QED) is 0.792. The molecule has 0 aromatic heterocycles. The lowest BCUT2D eigenvalue weighted by Gasteiger charge is -2.24. The molecule has 0 saturated heterocycles. The largest absolute Gasteiger partial charge is 0.385 e. The predicted octanol–water partition coefficient (Wildman–Crippen LogP) is 1.47. The van der Waals surface area contributed by atoms with E-state index in [1.54, 1.807) is 0 Å². The van der Waals surface area contributed by atoms with Gasteiger partial charge in [-0.15, -0.1) is 0 Å². The van der Waals surface area contributed by atoms with Crippen molar-refractivity contribution in [1.82, 2.24) is 10.2 Å². The molecular formula is C20H28N2O4. The van der Waals surface area contributed by atoms with Crippen LogP contribution in [0.1, 0.15) is 60.7 Å². The van der Waals surface area contributed by atoms with Crippen LogP contribution in [-0.2, 0) is 20.8 Å². The van der Waals surface area contributed by atoms with E-state index in [-0.39, 0.29) is 5.56 Å². The minimum atomic E-state index is -3.55. The number of benzene rings is 1. The number of fused-ring (bicyclic) bond motifs is 1. The first-order valence-corrected chi connectivity index (χ1v) is 7.76. The normalized spacial score (nSPS) is 33.3. The van der Waals surface area contributed by atoms with E-state index in [0.29, 0.717) is 11.8 Å². The molecule has 6 heteroatoms. The zero-order valence-electron chi connectivity index (χ0n) is 26.6. The molecule has 1 aromatic carbocycles. The highest BCUT2D eigenvalue weighted by atomic mass is 16.3. The minimum absolute atomic E-state index is 0.282. The highest BCUT2D eigenvalue weighted by molar-refractivity contribution is 5.92. The summed E-state index contributed by atoms with van der Waals surface area (Å²) < 4.78 is 94.8. The van der Waals surface area contributed by atoms with Gasteiger partial charge in [0.15, 0.2) is 5.78 Å². The highest BCUT2D eigenvalue weighted by Crippen LogP contribution is 2.25. The third kappa shape index (κ3) is 4.49. The molecule has 0 fully saturated rings. The zero-order chi connectivity index (χ0) is 30.0. The van der Waals surface area contributed by atoms with Crippen LogP contribution in [0, 0.1) is 11.8 Å². The third-order valence-corrected chi connectivity index (χ3v) is 3.87. The molecule has 1 aliphatic heterocycles. The molecule has 1 aliphatic rings. The molecule has 0 bridgehead atoms. The third-order valence-electron chi connectivity index (χ3n) is 3.87. The van der Waals surface area contributed by atoms with Crippen molar-refractivity contribution in [3.63, 3.8) is 0 Å². The van der Waals surface area contributed by atoms with Crippen molar-refractivity contribution in [1.29, 1.82) is 0 Å². The number of nitrogens with zero attached hydrogens (tertiary/aromatic N) is 1. The molecule has 0 saturated carbocycles. The Labute approximate surface area is 171 Å². The summed E-state index contributed by atoms with van der Waals surface area (Å²) in [6.45, 7) is -4.23. The first kappa shape index (κ1) is 9.13. The van der Waals surface area contributed by atoms with Crippen molar-refractivity contribution in [2.75, 3.05) is 13.5 Å². The van der Waals surface area contributed by atoms with Crippen LogP contribution in [0.5, 0.6) is 0 Å². The summed E-state index contributed by atoms with van der Waals surface area (Å²) >= 11 is 0. The van der Waals surface area contributed by atoms with Crippen molar-refractivity contribution >= 4 is 17.6 Å². The summed E-state index contributed by atoms with van der Waals surface area (Å²) in [5.41, 5.74) is -0.710. The van der Waals surface area contributed by atoms with Gasteiger partial charge in [-0.25, -0.2) is 0 Å². The Balaban J connectivity index is 2.53. The van der Waals surface area contributed by atoms with Crippen molar-refractivity contribution in [3.05, 3.63) is 35.3 Å². The SMILES string of the molecule is [2H]c1c([2H])c([2H])c2c(c1[2H])CC([2H])([2H])N(C)C(=O)[C@H]2NC(=O)[C@]([2H])(C)CC(=O)[C@@]([2H])(O)C([2H])(C)C([2H])([2H])[2H]. The van der Waals surface area contributed by atoms with Crippen molar-refractivity contribution in [2.24, 2.45) is 11.8 Å². The summed E-state index contributed by atoms with van der Waals surface area (Å²) in [7, 11) is 1.05. The number of hydrogen-bond acceptors (Lipinski definition) is 4. The zero-order valence-corrected chi connectivity index (χ0v) is 14.6. The van der Waals surface area contributed by atoms with Crippen LogP contribution in [-0.4, -0.2) is 47.2 Å². The lowest BCUT2D eigenvalue weighted by atomic mass is 9.94. The topological polar surface area (TPSA) is 86.7 Å². The number of rotatable bonds is 6. The average molecular weight is 373 g/mol. The molecule has 0 radical (unpaired) electrons. The minimum Gasteiger partial charge on any atom is -0.385 e. The van der Waals surface area contributed by atoms with Gasteiger partial charge in [0.2, 0.25) is 11.8 Å². The molecule has 0 spiro atoms. The van der Waals surface area contributed by atoms with Crippen LogP contribution >= 0.6 is 0 Å². The molecule has 1 unspecified atom stereocenters. The van der Waals surface area contributed by atoms with E-state index >= 15 is 0 Å². The molecule has 4 atom stereocenters. The number of carbonyl (C=O) groups is 3. The summed E-state index contributed by atoms with van der Waals surface area (Å²) in [6, 6.07) is -4.70. The monoisotopic (exact) mass is 372 g/mol. The summed E-state index contributed by atoms with van der Waals surface area (Å²) in [5, 5.41) is 12.4. The number of Topliss-reactive ketones (excluding diaryl/α,β-unsaturated/α-hetero) is 1. The maximum absolute atomic E-state index is 13.2. The van der Waals surface area contributed by atoms with Gasteiger partial charge in [-0.05, 0) is 23.4 Å². The van der Waals surface area contributed by atoms with Gasteiger partial charge in [0.05, 0.1) is 6.85 Å². The van der Waals surface area contributed by atoms with Gasteiger partial charge in [0.1, 0.15) is 12.1 Å². The number of ketones is 1. The fourth-order valence-corrected chi connectivity index (χ4v) is 2.33.